The van der Waals surface area contributed by atoms with Gasteiger partial charge in [0.05, 0.1) is 0 Å². The van der Waals surface area contributed by atoms with Gasteiger partial charge in [-0.1, -0.05) is 0 Å². The zero-order chi connectivity index (χ0) is 15.5. The average Bonchev–Trinajstić information content (AvgIpc) is 2.46. The molecular weight excluding hydrogens is 272 g/mol. The Balaban J connectivity index is 0.00000154. The normalized spacial score (nSPS) is 18.2. The molecule has 0 heterocycles. The first-order valence-electron chi connectivity index (χ1n) is 6.64. The summed E-state index contributed by atoms with van der Waals surface area (Å²) in [5.41, 5.74) is 4.86. The van der Waals surface area contributed by atoms with E-state index in [0.29, 0.717) is 0 Å². The van der Waals surface area contributed by atoms with Gasteiger partial charge in [-0.25, -0.2) is 0 Å². The summed E-state index contributed by atoms with van der Waals surface area (Å²) in [5, 5.41) is 8.25. The topological polar surface area (TPSA) is 29.5 Å². The third-order valence-corrected chi connectivity index (χ3v) is 9.04. The molecule has 0 atom stereocenters. The fourth-order valence-corrected chi connectivity index (χ4v) is 7.52. The summed E-state index contributed by atoms with van der Waals surface area (Å²) in [7, 11) is 9.67. The number of hydrogen-bond donors (Lipinski definition) is 0. The Labute approximate surface area is 126 Å². The standard InChI is InChI=1S/C10H15.2C2H6N.CH3O.Ti/c1-7-6-10(4,5)9(3)8(7)2;2*1-3-2;1-2;/h1-5H3;2*1-2H3;1H3;/q;3*-1;+3. The van der Waals surface area contributed by atoms with Gasteiger partial charge in [0.25, 0.3) is 0 Å². The third-order valence-electron chi connectivity index (χ3n) is 4.13. The van der Waals surface area contributed by atoms with Crippen LogP contribution in [0.3, 0.4) is 0 Å². The van der Waals surface area contributed by atoms with Gasteiger partial charge in [-0.05, 0) is 0 Å². The minimum absolute atomic E-state index is 0.248. The predicted molar refractivity (Wildman–Crippen MR) is 78.2 cm³/mol. The van der Waals surface area contributed by atoms with Crippen molar-refractivity contribution in [2.45, 2.75) is 34.6 Å². The van der Waals surface area contributed by atoms with Crippen LogP contribution in [0.5, 0.6) is 0 Å². The van der Waals surface area contributed by atoms with Gasteiger partial charge in [0.1, 0.15) is 0 Å². The van der Waals surface area contributed by atoms with Gasteiger partial charge in [-0.2, -0.15) is 7.11 Å². The molecule has 0 fully saturated rings. The average molecular weight is 302 g/mol. The van der Waals surface area contributed by atoms with Crippen molar-refractivity contribution in [2.24, 2.45) is 5.41 Å². The molecule has 1 rings (SSSR count). The smallest absolute Gasteiger partial charge is 0.153 e. The van der Waals surface area contributed by atoms with E-state index in [1.54, 1.807) is 15.0 Å². The van der Waals surface area contributed by atoms with Gasteiger partial charge < -0.3 is 5.11 Å². The van der Waals surface area contributed by atoms with Crippen molar-refractivity contribution >= 4 is 0 Å². The second kappa shape index (κ2) is 7.19. The van der Waals surface area contributed by atoms with Gasteiger partial charge in [-0.15, -0.1) is 0 Å². The Morgan fingerprint density at radius 3 is 1.42 bits per heavy atom. The minimum Gasteiger partial charge on any atom is -0.857 e. The molecule has 110 valence electrons. The van der Waals surface area contributed by atoms with Gasteiger partial charge in [0.2, 0.25) is 0 Å². The van der Waals surface area contributed by atoms with Crippen molar-refractivity contribution in [2.75, 3.05) is 35.3 Å². The molecule has 0 bridgehead atoms. The van der Waals surface area contributed by atoms with Crippen LogP contribution >= 0.6 is 0 Å². The van der Waals surface area contributed by atoms with Crippen molar-refractivity contribution in [3.05, 3.63) is 20.6 Å². The Bertz CT molecular complexity index is 374. The van der Waals surface area contributed by atoms with Crippen LogP contribution in [0.1, 0.15) is 34.6 Å². The summed E-state index contributed by atoms with van der Waals surface area (Å²) in [6, 6.07) is 0. The first-order valence-corrected chi connectivity index (χ1v) is 8.82. The second-order valence-electron chi connectivity index (χ2n) is 5.99. The molecule has 0 radical (unpaired) electrons. The van der Waals surface area contributed by atoms with E-state index >= 15 is 0 Å². The Morgan fingerprint density at radius 1 is 0.842 bits per heavy atom. The van der Waals surface area contributed by atoms with Gasteiger partial charge in [0, 0.05) is 0 Å². The maximum absolute atomic E-state index is 8.25. The van der Waals surface area contributed by atoms with Crippen LogP contribution in [-0.4, -0.2) is 42.1 Å². The molecule has 0 aromatic rings. The Kier molecular flexibility index (Phi) is 7.22. The van der Waals surface area contributed by atoms with E-state index in [9.17, 15) is 0 Å². The molecule has 4 heteroatoms. The number of allylic oxidation sites excluding steroid dienone is 4. The zero-order valence-corrected chi connectivity index (χ0v) is 15.9. The first kappa shape index (κ1) is 19.1. The molecule has 0 saturated carbocycles. The molecule has 19 heavy (non-hydrogen) atoms. The first-order chi connectivity index (χ1) is 8.62. The molecule has 0 amide bonds. The van der Waals surface area contributed by atoms with Crippen LogP contribution < -0.4 is 5.11 Å². The molecule has 0 unspecified atom stereocenters. The molecule has 0 aromatic carbocycles. The van der Waals surface area contributed by atoms with Crippen molar-refractivity contribution in [1.82, 2.24) is 6.76 Å². The molecule has 0 saturated heterocycles. The monoisotopic (exact) mass is 302 g/mol. The molecule has 0 aliphatic heterocycles. The summed E-state index contributed by atoms with van der Waals surface area (Å²) in [6.45, 7) is 11.7. The van der Waals surface area contributed by atoms with Crippen molar-refractivity contribution in [3.63, 3.8) is 0 Å². The molecular formula is C15H30N2OTi. The Hall–Kier alpha value is 0.0743. The summed E-state index contributed by atoms with van der Waals surface area (Å²) in [5.74, 6) is 0. The fraction of sp³-hybridized carbons (Fsp3) is 0.733. The van der Waals surface area contributed by atoms with Gasteiger partial charge in [-0.3, -0.25) is 0 Å². The number of nitrogens with zero attached hydrogens (tertiary/aromatic N) is 2. The quantitative estimate of drug-likeness (QED) is 0.749. The van der Waals surface area contributed by atoms with E-state index in [-0.39, 0.29) is 5.41 Å². The Morgan fingerprint density at radius 2 is 1.21 bits per heavy atom. The molecule has 0 aromatic heterocycles. The van der Waals surface area contributed by atoms with Crippen LogP contribution in [0.15, 0.2) is 20.6 Å². The van der Waals surface area contributed by atoms with Crippen LogP contribution in [0, 0.1) is 5.41 Å². The van der Waals surface area contributed by atoms with E-state index in [2.05, 4.69) is 69.6 Å². The number of rotatable bonds is 3. The van der Waals surface area contributed by atoms with E-state index in [4.69, 9.17) is 5.11 Å². The predicted octanol–water partition coefficient (Wildman–Crippen LogP) is 2.18. The maximum atomic E-state index is 8.25. The van der Waals surface area contributed by atoms with E-state index in [1.807, 2.05) is 0 Å². The van der Waals surface area contributed by atoms with Crippen molar-refractivity contribution in [3.8, 4) is 0 Å². The SMILES string of the molecule is CC1=C(C)C(C)(C)[C]([Ti+]([N](C)C)[N](C)C)=C1C.C[O-]. The van der Waals surface area contributed by atoms with Crippen LogP contribution in [-0.2, 0) is 18.4 Å². The second-order valence-corrected chi connectivity index (χ2v) is 10.6. The van der Waals surface area contributed by atoms with Crippen molar-refractivity contribution < 1.29 is 23.5 Å². The molecule has 0 spiro atoms. The van der Waals surface area contributed by atoms with Gasteiger partial charge >= 0.3 is 114 Å². The molecule has 1 aliphatic carbocycles. The van der Waals surface area contributed by atoms with Crippen molar-refractivity contribution in [1.29, 1.82) is 0 Å². The van der Waals surface area contributed by atoms with Crippen LogP contribution in [0.4, 0.5) is 0 Å². The maximum Gasteiger partial charge on any atom is -0.153 e. The van der Waals surface area contributed by atoms with Gasteiger partial charge in [0.15, 0.2) is 0 Å². The van der Waals surface area contributed by atoms with E-state index in [0.717, 1.165) is 7.11 Å². The summed E-state index contributed by atoms with van der Waals surface area (Å²) in [6.07, 6.45) is 0. The summed E-state index contributed by atoms with van der Waals surface area (Å²) in [4.78, 5) is 0. The molecule has 3 nitrogen and oxygen atoms in total. The summed E-state index contributed by atoms with van der Waals surface area (Å²) >= 11 is -1.50. The fourth-order valence-electron chi connectivity index (χ4n) is 2.89. The van der Waals surface area contributed by atoms with Crippen LogP contribution in [0.2, 0.25) is 0 Å². The largest absolute Gasteiger partial charge is 0.857 e. The van der Waals surface area contributed by atoms with Crippen LogP contribution in [0.25, 0.3) is 0 Å². The summed E-state index contributed by atoms with van der Waals surface area (Å²) < 4.78 is 6.64. The van der Waals surface area contributed by atoms with E-state index < -0.39 is 18.4 Å². The minimum atomic E-state index is -1.50. The zero-order valence-electron chi connectivity index (χ0n) is 14.3. The third kappa shape index (κ3) is 3.59. The molecule has 1 aliphatic rings. The number of hydrogen-bond acceptors (Lipinski definition) is 3. The molecule has 0 N–H and O–H groups in total. The van der Waals surface area contributed by atoms with E-state index in [1.165, 1.54) is 5.57 Å².